The van der Waals surface area contributed by atoms with Crippen LogP contribution >= 0.6 is 0 Å². The molecule has 0 bridgehead atoms. The smallest absolute Gasteiger partial charge is 0.164 e. The topological polar surface area (TPSA) is 98.1 Å². The Morgan fingerprint density at radius 3 is 1.29 bits per heavy atom. The monoisotopic (exact) mass is 666 g/mol. The zero-order valence-corrected chi connectivity index (χ0v) is 27.6. The van der Waals surface area contributed by atoms with Crippen LogP contribution in [0.2, 0.25) is 0 Å². The lowest BCUT2D eigenvalue weighted by molar-refractivity contribution is 1.06. The summed E-state index contributed by atoms with van der Waals surface area (Å²) in [6, 6.07) is 47.0. The second kappa shape index (κ2) is 11.8. The third-order valence-corrected chi connectivity index (χ3v) is 9.60. The van der Waals surface area contributed by atoms with Gasteiger partial charge in [-0.15, -0.1) is 0 Å². The van der Waals surface area contributed by atoms with Crippen LogP contribution in [0.4, 0.5) is 0 Å². The Morgan fingerprint density at radius 1 is 0.423 bits per heavy atom. The van der Waals surface area contributed by atoms with Gasteiger partial charge >= 0.3 is 0 Å². The highest BCUT2D eigenvalue weighted by atomic mass is 15.1. The van der Waals surface area contributed by atoms with E-state index in [2.05, 4.69) is 49.4 Å². The minimum absolute atomic E-state index is 0.490. The molecular formula is C44H26N8. The van der Waals surface area contributed by atoms with Crippen LogP contribution < -0.4 is 0 Å². The molecule has 0 saturated heterocycles. The van der Waals surface area contributed by atoms with E-state index in [1.807, 2.05) is 122 Å². The number of hydrogen-bond donors (Lipinski definition) is 0. The minimum Gasteiger partial charge on any atom is -0.308 e. The molecule has 0 spiro atoms. The fourth-order valence-electron chi connectivity index (χ4n) is 7.30. The molecule has 0 N–H and O–H groups in total. The molecule has 8 nitrogen and oxygen atoms in total. The SMILES string of the molecule is N#Cc1c(-n2c3ccccc3c3cnccc32)cc(-c2nc(-c3ccccc3)nc(-c3ccccc3)n2)cc1-n1c2ccccc2c2cnccc21. The van der Waals surface area contributed by atoms with E-state index in [0.717, 1.165) is 60.3 Å². The van der Waals surface area contributed by atoms with Crippen molar-refractivity contribution >= 4 is 43.6 Å². The summed E-state index contributed by atoms with van der Waals surface area (Å²) < 4.78 is 4.31. The van der Waals surface area contributed by atoms with Crippen molar-refractivity contribution in [3.63, 3.8) is 0 Å². The lowest BCUT2D eigenvalue weighted by Crippen LogP contribution is -2.07. The van der Waals surface area contributed by atoms with Crippen molar-refractivity contribution in [3.05, 3.63) is 164 Å². The molecule has 242 valence electrons. The Labute approximate surface area is 297 Å². The minimum atomic E-state index is 0.490. The molecule has 0 aliphatic carbocycles. The van der Waals surface area contributed by atoms with E-state index < -0.39 is 0 Å². The second-order valence-electron chi connectivity index (χ2n) is 12.5. The molecule has 0 atom stereocenters. The number of aromatic nitrogens is 7. The first-order valence-electron chi connectivity index (χ1n) is 16.9. The van der Waals surface area contributed by atoms with E-state index >= 15 is 0 Å². The molecular weight excluding hydrogens is 641 g/mol. The van der Waals surface area contributed by atoms with Crippen LogP contribution in [0.15, 0.2) is 158 Å². The number of pyridine rings is 2. The molecule has 0 aliphatic rings. The summed E-state index contributed by atoms with van der Waals surface area (Å²) in [6.07, 6.45) is 7.35. The predicted octanol–water partition coefficient (Wildman–Crippen LogP) is 9.73. The normalized spacial score (nSPS) is 11.4. The average Bonchev–Trinajstić information content (AvgIpc) is 3.74. The van der Waals surface area contributed by atoms with Crippen molar-refractivity contribution in [3.8, 4) is 51.6 Å². The molecule has 0 radical (unpaired) electrons. The van der Waals surface area contributed by atoms with Crippen molar-refractivity contribution in [2.45, 2.75) is 0 Å². The van der Waals surface area contributed by atoms with Gasteiger partial charge in [-0.1, -0.05) is 97.1 Å². The van der Waals surface area contributed by atoms with Crippen molar-refractivity contribution in [1.82, 2.24) is 34.1 Å². The average molecular weight is 667 g/mol. The molecule has 10 rings (SSSR count). The van der Waals surface area contributed by atoms with Gasteiger partial charge in [-0.05, 0) is 36.4 Å². The van der Waals surface area contributed by atoms with Crippen LogP contribution in [0, 0.1) is 11.3 Å². The molecule has 0 unspecified atom stereocenters. The molecule has 0 fully saturated rings. The summed E-state index contributed by atoms with van der Waals surface area (Å²) in [5, 5.41) is 15.3. The summed E-state index contributed by atoms with van der Waals surface area (Å²) in [7, 11) is 0. The molecule has 0 aliphatic heterocycles. The molecule has 52 heavy (non-hydrogen) atoms. The number of nitrogens with zero attached hydrogens (tertiary/aromatic N) is 8. The Kier molecular flexibility index (Phi) is 6.69. The first kappa shape index (κ1) is 29.4. The Hall–Kier alpha value is -7.50. The number of nitriles is 1. The van der Waals surface area contributed by atoms with Crippen molar-refractivity contribution in [2.75, 3.05) is 0 Å². The van der Waals surface area contributed by atoms with Gasteiger partial charge in [-0.3, -0.25) is 9.97 Å². The van der Waals surface area contributed by atoms with Crippen LogP contribution in [-0.4, -0.2) is 34.1 Å². The number of hydrogen-bond acceptors (Lipinski definition) is 6. The highest BCUT2D eigenvalue weighted by Crippen LogP contribution is 2.39. The summed E-state index contributed by atoms with van der Waals surface area (Å²) in [6.45, 7) is 0. The van der Waals surface area contributed by atoms with Gasteiger partial charge in [0.1, 0.15) is 11.6 Å². The fourth-order valence-corrected chi connectivity index (χ4v) is 7.30. The van der Waals surface area contributed by atoms with Gasteiger partial charge in [0, 0.05) is 63.0 Å². The fraction of sp³-hybridized carbons (Fsp3) is 0. The van der Waals surface area contributed by atoms with E-state index in [1.54, 1.807) is 12.4 Å². The number of fused-ring (bicyclic) bond motifs is 6. The molecule has 0 amide bonds. The summed E-state index contributed by atoms with van der Waals surface area (Å²) in [5.74, 6) is 1.61. The van der Waals surface area contributed by atoms with Crippen LogP contribution in [0.1, 0.15) is 5.56 Å². The lowest BCUT2D eigenvalue weighted by Gasteiger charge is -2.18. The summed E-state index contributed by atoms with van der Waals surface area (Å²) >= 11 is 0. The Balaban J connectivity index is 1.36. The van der Waals surface area contributed by atoms with Crippen molar-refractivity contribution in [2.24, 2.45) is 0 Å². The summed E-state index contributed by atoms with van der Waals surface area (Å²) in [4.78, 5) is 24.1. The third-order valence-electron chi connectivity index (χ3n) is 9.60. The highest BCUT2D eigenvalue weighted by Gasteiger charge is 2.24. The van der Waals surface area contributed by atoms with Crippen molar-refractivity contribution in [1.29, 1.82) is 5.26 Å². The van der Waals surface area contributed by atoms with Gasteiger partial charge in [0.05, 0.1) is 33.4 Å². The van der Waals surface area contributed by atoms with Gasteiger partial charge in [0.2, 0.25) is 0 Å². The molecule has 5 heterocycles. The molecule has 5 aromatic carbocycles. The maximum absolute atomic E-state index is 11.2. The van der Waals surface area contributed by atoms with Gasteiger partial charge in [-0.25, -0.2) is 15.0 Å². The zero-order valence-electron chi connectivity index (χ0n) is 27.6. The van der Waals surface area contributed by atoms with E-state index in [4.69, 9.17) is 15.0 Å². The number of benzene rings is 5. The molecule has 0 saturated carbocycles. The number of rotatable bonds is 5. The van der Waals surface area contributed by atoms with Crippen LogP contribution in [0.5, 0.6) is 0 Å². The molecule has 10 aromatic rings. The predicted molar refractivity (Wildman–Crippen MR) is 205 cm³/mol. The van der Waals surface area contributed by atoms with Gasteiger partial charge in [0.15, 0.2) is 17.5 Å². The van der Waals surface area contributed by atoms with E-state index in [1.165, 1.54) is 0 Å². The van der Waals surface area contributed by atoms with Gasteiger partial charge in [-0.2, -0.15) is 5.26 Å². The number of para-hydroxylation sites is 2. The highest BCUT2D eigenvalue weighted by molar-refractivity contribution is 6.10. The molecule has 8 heteroatoms. The van der Waals surface area contributed by atoms with Crippen LogP contribution in [0.3, 0.4) is 0 Å². The first-order valence-corrected chi connectivity index (χ1v) is 16.9. The molecule has 5 aromatic heterocycles. The van der Waals surface area contributed by atoms with Crippen molar-refractivity contribution < 1.29 is 0 Å². The Morgan fingerprint density at radius 2 is 0.827 bits per heavy atom. The van der Waals surface area contributed by atoms with E-state index in [0.29, 0.717) is 34.4 Å². The van der Waals surface area contributed by atoms with Crippen LogP contribution in [0.25, 0.3) is 89.2 Å². The maximum atomic E-state index is 11.2. The standard InChI is InChI=1S/C44H26N8/c45-25-33-40(51-36-17-9-7-15-31(36)34-26-46-21-19-38(34)51)23-30(24-41(33)52-37-18-10-8-16-32(37)35-27-47-22-20-39(35)52)44-49-42(28-11-3-1-4-12-28)48-43(50-44)29-13-5-2-6-14-29/h1-24,26-27H. The van der Waals surface area contributed by atoms with Crippen LogP contribution in [-0.2, 0) is 0 Å². The second-order valence-corrected chi connectivity index (χ2v) is 12.5. The van der Waals surface area contributed by atoms with E-state index in [9.17, 15) is 5.26 Å². The summed E-state index contributed by atoms with van der Waals surface area (Å²) in [5.41, 5.74) is 8.20. The Bertz CT molecular complexity index is 2730. The van der Waals surface area contributed by atoms with E-state index in [-0.39, 0.29) is 0 Å². The zero-order chi connectivity index (χ0) is 34.6. The quantitative estimate of drug-likeness (QED) is 0.181. The maximum Gasteiger partial charge on any atom is 0.164 e. The first-order chi connectivity index (χ1) is 25.8. The third kappa shape index (κ3) is 4.57. The van der Waals surface area contributed by atoms with Gasteiger partial charge < -0.3 is 9.13 Å². The lowest BCUT2D eigenvalue weighted by atomic mass is 10.0. The van der Waals surface area contributed by atoms with Gasteiger partial charge in [0.25, 0.3) is 0 Å². The largest absolute Gasteiger partial charge is 0.308 e.